The third-order valence-corrected chi connectivity index (χ3v) is 7.17. The van der Waals surface area contributed by atoms with Crippen molar-refractivity contribution in [2.75, 3.05) is 6.61 Å². The van der Waals surface area contributed by atoms with Crippen molar-refractivity contribution in [3.8, 4) is 6.07 Å². The Morgan fingerprint density at radius 3 is 2.41 bits per heavy atom. The van der Waals surface area contributed by atoms with Crippen LogP contribution in [0.15, 0.2) is 0 Å². The Morgan fingerprint density at radius 2 is 1.84 bits per heavy atom. The lowest BCUT2D eigenvalue weighted by molar-refractivity contribution is -0.125. The second kappa shape index (κ2) is 10.5. The van der Waals surface area contributed by atoms with Gasteiger partial charge in [0.1, 0.15) is 12.1 Å². The first kappa shape index (κ1) is 24.3. The summed E-state index contributed by atoms with van der Waals surface area (Å²) in [6, 6.07) is 0.673. The zero-order valence-electron chi connectivity index (χ0n) is 19.6. The van der Waals surface area contributed by atoms with Gasteiger partial charge in [0.25, 0.3) is 0 Å². The minimum Gasteiger partial charge on any atom is -0.449 e. The first-order chi connectivity index (χ1) is 15.1. The topological polar surface area (TPSA) is 120 Å². The van der Waals surface area contributed by atoms with Crippen LogP contribution >= 0.6 is 0 Å². The summed E-state index contributed by atoms with van der Waals surface area (Å²) in [6.07, 6.45) is 7.32. The van der Waals surface area contributed by atoms with Crippen LogP contribution in [-0.2, 0) is 14.3 Å². The Balaban J connectivity index is 1.47. The molecule has 0 bridgehead atoms. The summed E-state index contributed by atoms with van der Waals surface area (Å²) >= 11 is 0. The van der Waals surface area contributed by atoms with Gasteiger partial charge in [-0.2, -0.15) is 5.26 Å². The van der Waals surface area contributed by atoms with Crippen LogP contribution in [0, 0.1) is 34.5 Å². The molecule has 4 unspecified atom stereocenters. The van der Waals surface area contributed by atoms with E-state index in [2.05, 4.69) is 35.9 Å². The van der Waals surface area contributed by atoms with E-state index in [1.807, 2.05) is 6.92 Å². The molecule has 4 atom stereocenters. The number of alkyl carbamates (subject to hydrolysis) is 1. The number of hydrogen-bond acceptors (Lipinski definition) is 5. The maximum absolute atomic E-state index is 12.9. The molecule has 2 aliphatic carbocycles. The van der Waals surface area contributed by atoms with Crippen LogP contribution in [0.3, 0.4) is 0 Å². The summed E-state index contributed by atoms with van der Waals surface area (Å²) in [4.78, 5) is 37.3. The molecular weight excluding hydrogens is 408 g/mol. The van der Waals surface area contributed by atoms with Crippen molar-refractivity contribution in [1.82, 2.24) is 16.0 Å². The molecule has 0 radical (unpaired) electrons. The molecule has 3 rings (SSSR count). The van der Waals surface area contributed by atoms with Crippen molar-refractivity contribution in [3.05, 3.63) is 0 Å². The highest BCUT2D eigenvalue weighted by molar-refractivity contribution is 5.86. The van der Waals surface area contributed by atoms with E-state index in [0.717, 1.165) is 38.5 Å². The maximum Gasteiger partial charge on any atom is 0.407 e. The van der Waals surface area contributed by atoms with Gasteiger partial charge in [-0.15, -0.1) is 0 Å². The third kappa shape index (κ3) is 7.39. The van der Waals surface area contributed by atoms with Crippen molar-refractivity contribution >= 4 is 17.9 Å². The molecule has 1 heterocycles. The Bertz CT molecular complexity index is 733. The highest BCUT2D eigenvalue weighted by Gasteiger charge is 2.35. The molecular formula is C24H38N4O4. The Morgan fingerprint density at radius 1 is 1.16 bits per heavy atom. The number of nitrogens with zero attached hydrogens (tertiary/aromatic N) is 1. The standard InChI is InChI=1S/C24H38N4O4/c1-15-10-18(21(29)26-15)12-19(13-25)27-22(30)20(11-16-4-5-16)28-23(31)32-14-17-6-8-24(2,3)9-7-17/h15-20H,4-12,14H2,1-3H3,(H,26,29)(H,27,30)(H,28,31). The predicted octanol–water partition coefficient (Wildman–Crippen LogP) is 3.02. The summed E-state index contributed by atoms with van der Waals surface area (Å²) in [7, 11) is 0. The molecule has 3 amide bonds. The van der Waals surface area contributed by atoms with E-state index in [4.69, 9.17) is 4.74 Å². The number of carbonyl (C=O) groups is 3. The van der Waals surface area contributed by atoms with E-state index < -0.39 is 18.2 Å². The van der Waals surface area contributed by atoms with Crippen molar-refractivity contribution in [1.29, 1.82) is 5.26 Å². The highest BCUT2D eigenvalue weighted by Crippen LogP contribution is 2.38. The number of ether oxygens (including phenoxy) is 1. The highest BCUT2D eigenvalue weighted by atomic mass is 16.5. The average Bonchev–Trinajstić information content (AvgIpc) is 3.49. The van der Waals surface area contributed by atoms with Gasteiger partial charge in [0.05, 0.1) is 12.7 Å². The van der Waals surface area contributed by atoms with Crippen molar-refractivity contribution in [2.45, 2.75) is 96.7 Å². The molecule has 0 spiro atoms. The smallest absolute Gasteiger partial charge is 0.407 e. The van der Waals surface area contributed by atoms with E-state index in [-0.39, 0.29) is 30.2 Å². The molecule has 0 aromatic carbocycles. The molecule has 3 fully saturated rings. The van der Waals surface area contributed by atoms with Gasteiger partial charge in [0, 0.05) is 12.0 Å². The van der Waals surface area contributed by atoms with Gasteiger partial charge < -0.3 is 20.7 Å². The second-order valence-electron chi connectivity index (χ2n) is 10.9. The Labute approximate surface area is 191 Å². The lowest BCUT2D eigenvalue weighted by Gasteiger charge is -2.34. The van der Waals surface area contributed by atoms with E-state index >= 15 is 0 Å². The van der Waals surface area contributed by atoms with E-state index in [9.17, 15) is 19.6 Å². The van der Waals surface area contributed by atoms with Crippen LogP contribution in [0.25, 0.3) is 0 Å². The fraction of sp³-hybridized carbons (Fsp3) is 0.833. The summed E-state index contributed by atoms with van der Waals surface area (Å²) in [5.74, 6) is 0.0388. The van der Waals surface area contributed by atoms with Crippen molar-refractivity contribution in [2.24, 2.45) is 23.2 Å². The van der Waals surface area contributed by atoms with Crippen LogP contribution in [0.4, 0.5) is 4.79 Å². The zero-order valence-corrected chi connectivity index (χ0v) is 19.6. The van der Waals surface area contributed by atoms with Gasteiger partial charge in [0.15, 0.2) is 0 Å². The summed E-state index contributed by atoms with van der Waals surface area (Å²) < 4.78 is 5.45. The quantitative estimate of drug-likeness (QED) is 0.503. The van der Waals surface area contributed by atoms with Gasteiger partial charge in [-0.3, -0.25) is 9.59 Å². The van der Waals surface area contributed by atoms with Gasteiger partial charge >= 0.3 is 6.09 Å². The van der Waals surface area contributed by atoms with Crippen LogP contribution in [0.1, 0.15) is 78.6 Å². The lowest BCUT2D eigenvalue weighted by Crippen LogP contribution is -2.50. The maximum atomic E-state index is 12.9. The zero-order chi connectivity index (χ0) is 23.3. The van der Waals surface area contributed by atoms with Gasteiger partial charge in [-0.1, -0.05) is 26.7 Å². The molecule has 3 aliphatic rings. The SMILES string of the molecule is CC1CC(CC(C#N)NC(=O)C(CC2CC2)NC(=O)OCC2CCC(C)(C)CC2)C(=O)N1. The normalized spacial score (nSPS) is 27.0. The van der Waals surface area contributed by atoms with Crippen LogP contribution < -0.4 is 16.0 Å². The average molecular weight is 447 g/mol. The molecule has 178 valence electrons. The minimum atomic E-state index is -0.770. The fourth-order valence-electron chi connectivity index (χ4n) is 4.78. The minimum absolute atomic E-state index is 0.0747. The number of rotatable bonds is 9. The molecule has 8 nitrogen and oxygen atoms in total. The number of carbonyl (C=O) groups excluding carboxylic acids is 3. The molecule has 2 saturated carbocycles. The number of nitriles is 1. The first-order valence-corrected chi connectivity index (χ1v) is 12.1. The molecule has 0 aromatic rings. The molecule has 0 aromatic heterocycles. The van der Waals surface area contributed by atoms with Gasteiger partial charge in [-0.25, -0.2) is 4.79 Å². The lowest BCUT2D eigenvalue weighted by atomic mass is 9.73. The largest absolute Gasteiger partial charge is 0.449 e. The molecule has 8 heteroatoms. The van der Waals surface area contributed by atoms with Crippen molar-refractivity contribution in [3.63, 3.8) is 0 Å². The van der Waals surface area contributed by atoms with E-state index in [0.29, 0.717) is 36.7 Å². The first-order valence-electron chi connectivity index (χ1n) is 12.1. The molecule has 1 saturated heterocycles. The molecule has 1 aliphatic heterocycles. The second-order valence-corrected chi connectivity index (χ2v) is 10.9. The summed E-state index contributed by atoms with van der Waals surface area (Å²) in [5.41, 5.74) is 0.362. The molecule has 3 N–H and O–H groups in total. The van der Waals surface area contributed by atoms with E-state index in [1.54, 1.807) is 0 Å². The Hall–Kier alpha value is -2.30. The monoisotopic (exact) mass is 446 g/mol. The van der Waals surface area contributed by atoms with Crippen LogP contribution in [0.5, 0.6) is 0 Å². The third-order valence-electron chi connectivity index (χ3n) is 7.17. The number of hydrogen-bond donors (Lipinski definition) is 3. The van der Waals surface area contributed by atoms with Gasteiger partial charge in [-0.05, 0) is 69.1 Å². The Kier molecular flexibility index (Phi) is 8.02. The number of amides is 3. The molecule has 32 heavy (non-hydrogen) atoms. The van der Waals surface area contributed by atoms with Crippen molar-refractivity contribution < 1.29 is 19.1 Å². The summed E-state index contributed by atoms with van der Waals surface area (Å²) in [5, 5.41) is 17.8. The van der Waals surface area contributed by atoms with Crippen LogP contribution in [0.2, 0.25) is 0 Å². The van der Waals surface area contributed by atoms with Gasteiger partial charge in [0.2, 0.25) is 11.8 Å². The fourth-order valence-corrected chi connectivity index (χ4v) is 4.78. The number of nitrogens with one attached hydrogen (secondary N) is 3. The summed E-state index contributed by atoms with van der Waals surface area (Å²) in [6.45, 7) is 6.83. The predicted molar refractivity (Wildman–Crippen MR) is 119 cm³/mol. The van der Waals surface area contributed by atoms with Crippen LogP contribution in [-0.4, -0.2) is 42.6 Å². The van der Waals surface area contributed by atoms with E-state index in [1.165, 1.54) is 0 Å².